The van der Waals surface area contributed by atoms with Gasteiger partial charge in [-0.1, -0.05) is 26.0 Å². The van der Waals surface area contributed by atoms with E-state index in [0.29, 0.717) is 12.8 Å². The molecule has 1 fully saturated rings. The van der Waals surface area contributed by atoms with E-state index >= 15 is 0 Å². The van der Waals surface area contributed by atoms with Gasteiger partial charge < -0.3 is 19.9 Å². The molecule has 0 bridgehead atoms. The van der Waals surface area contributed by atoms with E-state index in [1.807, 2.05) is 0 Å². The number of hydrogen-bond acceptors (Lipinski definition) is 4. The molecule has 1 aromatic carbocycles. The molecule has 0 spiro atoms. The number of benzene rings is 1. The van der Waals surface area contributed by atoms with Crippen LogP contribution in [0.2, 0.25) is 0 Å². The van der Waals surface area contributed by atoms with Gasteiger partial charge in [-0.05, 0) is 42.8 Å². The molecular formula is C18H29NO3. The van der Waals surface area contributed by atoms with Gasteiger partial charge in [-0.25, -0.2) is 0 Å². The molecule has 0 radical (unpaired) electrons. The lowest BCUT2D eigenvalue weighted by molar-refractivity contribution is 0.104. The van der Waals surface area contributed by atoms with Crippen molar-refractivity contribution in [3.05, 3.63) is 29.8 Å². The lowest BCUT2D eigenvalue weighted by Gasteiger charge is -2.15. The van der Waals surface area contributed by atoms with Gasteiger partial charge >= 0.3 is 0 Å². The van der Waals surface area contributed by atoms with Gasteiger partial charge in [0.1, 0.15) is 18.4 Å². The van der Waals surface area contributed by atoms with Crippen molar-refractivity contribution >= 4 is 0 Å². The van der Waals surface area contributed by atoms with Crippen molar-refractivity contribution < 1.29 is 26.9 Å². The highest BCUT2D eigenvalue weighted by molar-refractivity contribution is 5.27. The second-order valence-corrected chi connectivity index (χ2v) is 5.43. The average Bonchev–Trinajstić information content (AvgIpc) is 3.44. The molecule has 4 heteroatoms. The second kappa shape index (κ2) is 9.13. The van der Waals surface area contributed by atoms with Crippen molar-refractivity contribution in [3.63, 3.8) is 0 Å². The van der Waals surface area contributed by atoms with Crippen LogP contribution in [0.4, 0.5) is 0 Å². The standard InChI is InChI=1S/C18H29NO3/c1-14(2)19-11-17(20)13-22-18-7-5-15(6-8-18)9-10-21-12-16-3-4-16/h5-8,14,16-17,19-20H,3-4,9-13H2,1-2H3/i9D2,10D2,12D2,13D2,17D. The molecule has 0 amide bonds. The molecule has 0 aromatic heterocycles. The van der Waals surface area contributed by atoms with Gasteiger partial charge in [0, 0.05) is 21.9 Å². The topological polar surface area (TPSA) is 50.7 Å². The lowest BCUT2D eigenvalue weighted by atomic mass is 10.1. The summed E-state index contributed by atoms with van der Waals surface area (Å²) in [6, 6.07) is 4.60. The minimum atomic E-state index is -2.97. The Kier molecular flexibility index (Phi) is 3.60. The number of hydrogen-bond donors (Lipinski definition) is 2. The van der Waals surface area contributed by atoms with Crippen LogP contribution in [-0.4, -0.2) is 43.5 Å². The number of aliphatic hydroxyl groups is 1. The van der Waals surface area contributed by atoms with Crippen molar-refractivity contribution in [1.82, 2.24) is 5.32 Å². The summed E-state index contributed by atoms with van der Waals surface area (Å²) in [6.07, 6.45) is -4.22. The van der Waals surface area contributed by atoms with Crippen molar-refractivity contribution in [2.45, 2.75) is 45.2 Å². The first-order chi connectivity index (χ1) is 13.9. The molecule has 1 aromatic rings. The van der Waals surface area contributed by atoms with E-state index in [1.54, 1.807) is 13.8 Å². The predicted molar refractivity (Wildman–Crippen MR) is 88.3 cm³/mol. The lowest BCUT2D eigenvalue weighted by Crippen LogP contribution is -2.35. The molecule has 22 heavy (non-hydrogen) atoms. The summed E-state index contributed by atoms with van der Waals surface area (Å²) in [5.41, 5.74) is -0.167. The van der Waals surface area contributed by atoms with Gasteiger partial charge in [0.25, 0.3) is 0 Å². The Bertz CT molecular complexity index is 750. The Morgan fingerprint density at radius 1 is 1.36 bits per heavy atom. The van der Waals surface area contributed by atoms with Gasteiger partial charge in [-0.3, -0.25) is 0 Å². The average molecular weight is 316 g/mol. The van der Waals surface area contributed by atoms with E-state index in [2.05, 4.69) is 5.32 Å². The summed E-state index contributed by atoms with van der Waals surface area (Å²) in [4.78, 5) is 0. The van der Waals surface area contributed by atoms with Crippen molar-refractivity contribution in [2.75, 3.05) is 26.2 Å². The number of ether oxygens (including phenoxy) is 2. The predicted octanol–water partition coefficient (Wildman–Crippen LogP) is 2.39. The molecule has 1 saturated carbocycles. The summed E-state index contributed by atoms with van der Waals surface area (Å²) in [5, 5.41) is 12.9. The molecule has 4 nitrogen and oxygen atoms in total. The van der Waals surface area contributed by atoms with Crippen LogP contribution in [0.25, 0.3) is 0 Å². The van der Waals surface area contributed by atoms with Crippen LogP contribution in [0.1, 0.15) is 44.6 Å². The van der Waals surface area contributed by atoms with Crippen molar-refractivity contribution in [2.24, 2.45) is 5.92 Å². The van der Waals surface area contributed by atoms with Gasteiger partial charge in [-0.2, -0.15) is 0 Å². The molecule has 2 N–H and O–H groups in total. The van der Waals surface area contributed by atoms with Crippen LogP contribution in [0.3, 0.4) is 0 Å². The highest BCUT2D eigenvalue weighted by atomic mass is 16.5. The Morgan fingerprint density at radius 2 is 2.09 bits per heavy atom. The van der Waals surface area contributed by atoms with Crippen LogP contribution in [0, 0.1) is 5.92 Å². The summed E-state index contributed by atoms with van der Waals surface area (Å²) in [6.45, 7) is -4.90. The summed E-state index contributed by atoms with van der Waals surface area (Å²) >= 11 is 0. The van der Waals surface area contributed by atoms with Gasteiger partial charge in [0.15, 0.2) is 0 Å². The molecular weight excluding hydrogens is 278 g/mol. The van der Waals surface area contributed by atoms with Crippen LogP contribution in [0.15, 0.2) is 24.3 Å². The van der Waals surface area contributed by atoms with E-state index in [0.717, 1.165) is 12.1 Å². The zero-order chi connectivity index (χ0) is 23.9. The number of aryl methyl sites for hydroxylation is 1. The van der Waals surface area contributed by atoms with Gasteiger partial charge in [0.05, 0.1) is 16.2 Å². The fraction of sp³-hybridized carbons (Fsp3) is 0.667. The molecule has 1 aliphatic carbocycles. The third-order valence-electron chi connectivity index (χ3n) is 2.87. The minimum absolute atomic E-state index is 0.0856. The first-order valence-electron chi connectivity index (χ1n) is 11.9. The van der Waals surface area contributed by atoms with Crippen LogP contribution >= 0.6 is 0 Å². The smallest absolute Gasteiger partial charge is 0.119 e. The zero-order valence-corrected chi connectivity index (χ0v) is 12.8. The van der Waals surface area contributed by atoms with E-state index < -0.39 is 44.6 Å². The first-order valence-corrected chi connectivity index (χ1v) is 7.37. The molecule has 1 atom stereocenters. The molecule has 124 valence electrons. The molecule has 0 aliphatic heterocycles. The molecule has 1 unspecified atom stereocenters. The maximum absolute atomic E-state index is 10.1. The van der Waals surface area contributed by atoms with Gasteiger partial charge in [0.2, 0.25) is 0 Å². The fourth-order valence-corrected chi connectivity index (χ4v) is 1.46. The molecule has 0 heterocycles. The van der Waals surface area contributed by atoms with E-state index in [1.165, 1.54) is 12.1 Å². The minimum Gasteiger partial charge on any atom is -0.491 e. The quantitative estimate of drug-likeness (QED) is 0.658. The summed E-state index contributed by atoms with van der Waals surface area (Å²) < 4.78 is 81.6. The van der Waals surface area contributed by atoms with Crippen molar-refractivity contribution in [3.8, 4) is 5.75 Å². The largest absolute Gasteiger partial charge is 0.491 e. The Morgan fingerprint density at radius 3 is 2.73 bits per heavy atom. The number of rotatable bonds is 11. The first kappa shape index (κ1) is 8.67. The number of nitrogens with one attached hydrogen (secondary N) is 1. The van der Waals surface area contributed by atoms with Crippen LogP contribution < -0.4 is 10.1 Å². The Balaban J connectivity index is 2.14. The Hall–Kier alpha value is -1.10. The van der Waals surface area contributed by atoms with E-state index in [9.17, 15) is 5.11 Å². The maximum atomic E-state index is 10.1. The van der Waals surface area contributed by atoms with E-state index in [4.69, 9.17) is 21.8 Å². The van der Waals surface area contributed by atoms with Gasteiger partial charge in [-0.15, -0.1) is 0 Å². The highest BCUT2D eigenvalue weighted by Crippen LogP contribution is 2.28. The summed E-state index contributed by atoms with van der Waals surface area (Å²) in [7, 11) is 0. The third kappa shape index (κ3) is 7.25. The van der Waals surface area contributed by atoms with Crippen molar-refractivity contribution in [1.29, 1.82) is 0 Å². The molecule has 0 saturated heterocycles. The molecule has 2 rings (SSSR count). The monoisotopic (exact) mass is 316 g/mol. The summed E-state index contributed by atoms with van der Waals surface area (Å²) in [5.74, 6) is -0.570. The van der Waals surface area contributed by atoms with Crippen LogP contribution in [0.5, 0.6) is 5.75 Å². The Labute approximate surface area is 146 Å². The molecule has 1 aliphatic rings. The third-order valence-corrected chi connectivity index (χ3v) is 2.87. The SMILES string of the molecule is [2H]C([2H])(OC([2H])([2H])C([2H])([2H])c1ccc(OC([2H])([2H])C([2H])(O)CNC(C)C)cc1)C1CC1. The zero-order valence-electron chi connectivity index (χ0n) is 21.8. The normalized spacial score (nSPS) is 26.1. The maximum Gasteiger partial charge on any atom is 0.119 e. The highest BCUT2D eigenvalue weighted by Gasteiger charge is 2.20. The van der Waals surface area contributed by atoms with Crippen LogP contribution in [-0.2, 0) is 11.1 Å². The fourth-order valence-electron chi connectivity index (χ4n) is 1.46. The second-order valence-electron chi connectivity index (χ2n) is 5.43. The van der Waals surface area contributed by atoms with E-state index in [-0.39, 0.29) is 17.4 Å².